The summed E-state index contributed by atoms with van der Waals surface area (Å²) in [5.74, 6) is 0.317. The zero-order valence-electron chi connectivity index (χ0n) is 16.1. The summed E-state index contributed by atoms with van der Waals surface area (Å²) in [6.45, 7) is 4.43. The van der Waals surface area contributed by atoms with Crippen molar-refractivity contribution < 1.29 is 5.11 Å². The molecule has 0 bridgehead atoms. The smallest absolute Gasteiger partial charge is 0.120 e. The average Bonchev–Trinajstić information content (AvgIpc) is 2.66. The van der Waals surface area contributed by atoms with Crippen LogP contribution in [0, 0.1) is 0 Å². The van der Waals surface area contributed by atoms with Crippen molar-refractivity contribution in [2.45, 2.75) is 57.7 Å². The lowest BCUT2D eigenvalue weighted by molar-refractivity contribution is 0.258. The van der Waals surface area contributed by atoms with E-state index < -0.39 is 0 Å². The first kappa shape index (κ1) is 19.8. The molecule has 0 fully saturated rings. The predicted molar refractivity (Wildman–Crippen MR) is 114 cm³/mol. The Labute approximate surface area is 167 Å². The highest BCUT2D eigenvalue weighted by Crippen LogP contribution is 2.34. The number of unbranched alkanes of at least 4 members (excludes halogenated alkanes) is 3. The minimum absolute atomic E-state index is 0.0608. The maximum atomic E-state index is 10.4. The minimum atomic E-state index is -0.246. The van der Waals surface area contributed by atoms with Crippen LogP contribution in [0.15, 0.2) is 54.6 Å². The van der Waals surface area contributed by atoms with E-state index in [0.717, 1.165) is 34.7 Å². The summed E-state index contributed by atoms with van der Waals surface area (Å²) < 4.78 is 0. The van der Waals surface area contributed by atoms with E-state index in [-0.39, 0.29) is 11.7 Å². The lowest BCUT2D eigenvalue weighted by Gasteiger charge is -2.41. The van der Waals surface area contributed by atoms with Crippen LogP contribution >= 0.6 is 11.6 Å². The van der Waals surface area contributed by atoms with Crippen LogP contribution in [0.1, 0.15) is 63.1 Å². The molecule has 0 aliphatic carbocycles. The van der Waals surface area contributed by atoms with E-state index in [4.69, 9.17) is 11.6 Å². The molecule has 2 atom stereocenters. The molecular weight excluding hydrogens is 356 g/mol. The summed E-state index contributed by atoms with van der Waals surface area (Å²) >= 11 is 6.06. The van der Waals surface area contributed by atoms with Gasteiger partial charge in [0.05, 0.1) is 11.7 Å². The number of para-hydroxylation sites is 1. The van der Waals surface area contributed by atoms with E-state index in [0.29, 0.717) is 5.75 Å². The lowest BCUT2D eigenvalue weighted by Crippen LogP contribution is -2.57. The first-order valence-corrected chi connectivity index (χ1v) is 10.2. The highest BCUT2D eigenvalue weighted by atomic mass is 35.5. The molecule has 0 saturated heterocycles. The van der Waals surface area contributed by atoms with Gasteiger partial charge in [-0.25, -0.2) is 0 Å². The molecule has 144 valence electrons. The topological polar surface area (TPSA) is 44.3 Å². The Balaban J connectivity index is 1.90. The largest absolute Gasteiger partial charge is 0.508 e. The molecule has 27 heavy (non-hydrogen) atoms. The first-order valence-electron chi connectivity index (χ1n) is 9.82. The average molecular weight is 385 g/mol. The van der Waals surface area contributed by atoms with Crippen molar-refractivity contribution in [3.63, 3.8) is 0 Å². The minimum Gasteiger partial charge on any atom is -0.508 e. The first-order chi connectivity index (χ1) is 13.0. The van der Waals surface area contributed by atoms with Crippen LogP contribution in [-0.2, 0) is 0 Å². The van der Waals surface area contributed by atoms with E-state index in [9.17, 15) is 5.11 Å². The van der Waals surface area contributed by atoms with Crippen molar-refractivity contribution in [2.24, 2.45) is 0 Å². The van der Waals surface area contributed by atoms with Crippen molar-refractivity contribution in [1.82, 2.24) is 10.6 Å². The Morgan fingerprint density at radius 3 is 2.48 bits per heavy atom. The normalized spacial score (nSPS) is 22.2. The Bertz CT molecular complexity index is 787. The number of nitrogens with one attached hydrogen (secondary N) is 2. The molecule has 0 aromatic heterocycles. The summed E-state index contributed by atoms with van der Waals surface area (Å²) in [6, 6.07) is 15.4. The van der Waals surface area contributed by atoms with Crippen LogP contribution in [0.25, 0.3) is 5.70 Å². The fraction of sp³-hybridized carbons (Fsp3) is 0.391. The van der Waals surface area contributed by atoms with Gasteiger partial charge in [-0.1, -0.05) is 68.1 Å². The van der Waals surface area contributed by atoms with Gasteiger partial charge in [-0.05, 0) is 49.6 Å². The maximum Gasteiger partial charge on any atom is 0.120 e. The zero-order valence-corrected chi connectivity index (χ0v) is 16.9. The number of rotatable bonds is 7. The van der Waals surface area contributed by atoms with Gasteiger partial charge >= 0.3 is 0 Å². The molecule has 4 heteroatoms. The fourth-order valence-corrected chi connectivity index (χ4v) is 3.81. The van der Waals surface area contributed by atoms with Crippen LogP contribution in [-0.4, -0.2) is 10.8 Å². The summed E-state index contributed by atoms with van der Waals surface area (Å²) in [7, 11) is 0. The molecule has 3 nitrogen and oxygen atoms in total. The van der Waals surface area contributed by atoms with Crippen LogP contribution in [0.5, 0.6) is 5.75 Å². The van der Waals surface area contributed by atoms with Gasteiger partial charge in [-0.2, -0.15) is 0 Å². The number of aromatic hydroxyl groups is 1. The second-order valence-corrected chi connectivity index (χ2v) is 7.97. The lowest BCUT2D eigenvalue weighted by atomic mass is 9.93. The monoisotopic (exact) mass is 384 g/mol. The van der Waals surface area contributed by atoms with E-state index in [2.05, 4.69) is 30.6 Å². The molecule has 1 aliphatic rings. The van der Waals surface area contributed by atoms with E-state index in [1.807, 2.05) is 42.5 Å². The van der Waals surface area contributed by atoms with Crippen molar-refractivity contribution in [2.75, 3.05) is 0 Å². The van der Waals surface area contributed by atoms with Crippen molar-refractivity contribution in [1.29, 1.82) is 0 Å². The Kier molecular flexibility index (Phi) is 6.46. The molecule has 3 rings (SSSR count). The Hall–Kier alpha value is -1.97. The van der Waals surface area contributed by atoms with Gasteiger partial charge < -0.3 is 10.4 Å². The molecule has 2 aromatic carbocycles. The van der Waals surface area contributed by atoms with Crippen molar-refractivity contribution >= 4 is 17.3 Å². The number of phenols is 1. The third kappa shape index (κ3) is 5.06. The molecule has 0 spiro atoms. The highest BCUT2D eigenvalue weighted by molar-refractivity contribution is 6.30. The van der Waals surface area contributed by atoms with Crippen LogP contribution in [0.3, 0.4) is 0 Å². The van der Waals surface area contributed by atoms with Crippen molar-refractivity contribution in [3.05, 3.63) is 70.8 Å². The molecule has 3 N–H and O–H groups in total. The number of hydrogen-bond acceptors (Lipinski definition) is 3. The van der Waals surface area contributed by atoms with Crippen LogP contribution in [0.2, 0.25) is 5.02 Å². The Morgan fingerprint density at radius 1 is 1.04 bits per heavy atom. The maximum absolute atomic E-state index is 10.4. The number of benzene rings is 2. The Morgan fingerprint density at radius 2 is 1.78 bits per heavy atom. The fourth-order valence-electron chi connectivity index (χ4n) is 3.68. The standard InChI is InChI=1S/C23H29ClN2O/c1-3-4-5-8-15-23(2)25-20(17-11-13-18(24)14-12-17)16-21(26-23)19-9-6-7-10-22(19)27/h6-7,9-14,16,21,25-27H,3-5,8,15H2,1-2H3. The molecule has 0 amide bonds. The molecule has 2 aromatic rings. The van der Waals surface area contributed by atoms with Gasteiger partial charge in [0, 0.05) is 16.3 Å². The van der Waals surface area contributed by atoms with E-state index >= 15 is 0 Å². The predicted octanol–water partition coefficient (Wildman–Crippen LogP) is 6.01. The third-order valence-electron chi connectivity index (χ3n) is 5.18. The quantitative estimate of drug-likeness (QED) is 0.512. The molecule has 1 aliphatic heterocycles. The second kappa shape index (κ2) is 8.81. The van der Waals surface area contributed by atoms with Gasteiger partial charge in [0.25, 0.3) is 0 Å². The number of phenolic OH excluding ortho intramolecular Hbond substituents is 1. The van der Waals surface area contributed by atoms with Crippen molar-refractivity contribution in [3.8, 4) is 5.75 Å². The SMILES string of the molecule is CCCCCCC1(C)NC(c2ccc(Cl)cc2)=CC(c2ccccc2O)N1. The second-order valence-electron chi connectivity index (χ2n) is 7.54. The zero-order chi connectivity index (χ0) is 19.3. The highest BCUT2D eigenvalue weighted by Gasteiger charge is 2.32. The van der Waals surface area contributed by atoms with Crippen LogP contribution < -0.4 is 10.6 Å². The molecule has 2 unspecified atom stereocenters. The van der Waals surface area contributed by atoms with Gasteiger partial charge in [-0.15, -0.1) is 0 Å². The van der Waals surface area contributed by atoms with Gasteiger partial charge in [0.1, 0.15) is 5.75 Å². The van der Waals surface area contributed by atoms with E-state index in [1.165, 1.54) is 19.3 Å². The molecule has 1 heterocycles. The van der Waals surface area contributed by atoms with E-state index in [1.54, 1.807) is 6.07 Å². The summed E-state index contributed by atoms with van der Waals surface area (Å²) in [5.41, 5.74) is 2.81. The van der Waals surface area contributed by atoms with Crippen LogP contribution in [0.4, 0.5) is 0 Å². The number of halogens is 1. The summed E-state index contributed by atoms with van der Waals surface area (Å²) in [4.78, 5) is 0. The van der Waals surface area contributed by atoms with Gasteiger partial charge in [0.2, 0.25) is 0 Å². The van der Waals surface area contributed by atoms with Gasteiger partial charge in [-0.3, -0.25) is 5.32 Å². The number of hydrogen-bond donors (Lipinski definition) is 3. The summed E-state index contributed by atoms with van der Waals surface area (Å²) in [6.07, 6.45) is 8.05. The molecule has 0 radical (unpaired) electrons. The molecule has 0 saturated carbocycles. The van der Waals surface area contributed by atoms with Gasteiger partial charge in [0.15, 0.2) is 0 Å². The summed E-state index contributed by atoms with van der Waals surface area (Å²) in [5, 5.41) is 18.5. The third-order valence-corrected chi connectivity index (χ3v) is 5.43. The molecular formula is C23H29ClN2O.